The van der Waals surface area contributed by atoms with E-state index in [9.17, 15) is 13.6 Å². The van der Waals surface area contributed by atoms with E-state index in [0.717, 1.165) is 0 Å². The molecule has 1 unspecified atom stereocenters. The molecular formula is C11H11F2NO. The second-order valence-electron chi connectivity index (χ2n) is 3.78. The molecule has 0 fully saturated rings. The number of anilines is 1. The highest BCUT2D eigenvalue weighted by Crippen LogP contribution is 2.26. The van der Waals surface area contributed by atoms with Crippen LogP contribution in [-0.4, -0.2) is 12.6 Å². The lowest BCUT2D eigenvalue weighted by atomic mass is 9.98. The fourth-order valence-electron chi connectivity index (χ4n) is 1.81. The third kappa shape index (κ3) is 2.14. The zero-order valence-electron chi connectivity index (χ0n) is 8.09. The molecule has 2 rings (SSSR count). The Morgan fingerprint density at radius 1 is 1.40 bits per heavy atom. The zero-order valence-corrected chi connectivity index (χ0v) is 8.09. The van der Waals surface area contributed by atoms with Gasteiger partial charge in [-0.05, 0) is 30.2 Å². The highest BCUT2D eigenvalue weighted by molar-refractivity contribution is 5.92. The van der Waals surface area contributed by atoms with Crippen molar-refractivity contribution in [3.8, 4) is 0 Å². The van der Waals surface area contributed by atoms with Crippen molar-refractivity contribution in [2.24, 2.45) is 5.92 Å². The van der Waals surface area contributed by atoms with Gasteiger partial charge in [0.15, 0.2) is 0 Å². The number of hydrogen-bond donors (Lipinski definition) is 1. The minimum Gasteiger partial charge on any atom is -0.326 e. The summed E-state index contributed by atoms with van der Waals surface area (Å²) in [6.45, 7) is -0.552. The number of alkyl halides is 1. The molecule has 1 aliphatic heterocycles. The second-order valence-corrected chi connectivity index (χ2v) is 3.78. The van der Waals surface area contributed by atoms with E-state index < -0.39 is 6.67 Å². The maximum Gasteiger partial charge on any atom is 0.224 e. The minimum absolute atomic E-state index is 0.160. The average molecular weight is 211 g/mol. The van der Waals surface area contributed by atoms with Crippen LogP contribution in [0.3, 0.4) is 0 Å². The van der Waals surface area contributed by atoms with Gasteiger partial charge >= 0.3 is 0 Å². The number of carbonyl (C=O) groups is 1. The third-order valence-corrected chi connectivity index (χ3v) is 2.54. The van der Waals surface area contributed by atoms with E-state index >= 15 is 0 Å². The summed E-state index contributed by atoms with van der Waals surface area (Å²) in [5, 5.41) is 2.64. The van der Waals surface area contributed by atoms with Crippen molar-refractivity contribution in [3.05, 3.63) is 29.6 Å². The van der Waals surface area contributed by atoms with E-state index in [2.05, 4.69) is 5.32 Å². The van der Waals surface area contributed by atoms with Crippen LogP contribution in [0, 0.1) is 11.7 Å². The van der Waals surface area contributed by atoms with E-state index in [4.69, 9.17) is 0 Å². The van der Waals surface area contributed by atoms with E-state index in [1.165, 1.54) is 18.2 Å². The van der Waals surface area contributed by atoms with Crippen LogP contribution in [-0.2, 0) is 11.2 Å². The van der Waals surface area contributed by atoms with Gasteiger partial charge in [0, 0.05) is 18.0 Å². The van der Waals surface area contributed by atoms with Crippen LogP contribution in [0.4, 0.5) is 14.5 Å². The first-order chi connectivity index (χ1) is 7.19. The number of nitrogens with one attached hydrogen (secondary N) is 1. The highest BCUT2D eigenvalue weighted by Gasteiger charge is 2.21. The summed E-state index contributed by atoms with van der Waals surface area (Å²) < 4.78 is 25.5. The Morgan fingerprint density at radius 2 is 2.20 bits per heavy atom. The quantitative estimate of drug-likeness (QED) is 0.758. The third-order valence-electron chi connectivity index (χ3n) is 2.54. The molecule has 15 heavy (non-hydrogen) atoms. The van der Waals surface area contributed by atoms with E-state index in [-0.39, 0.29) is 24.1 Å². The number of benzene rings is 1. The molecule has 1 aromatic rings. The van der Waals surface area contributed by atoms with Crippen molar-refractivity contribution in [1.82, 2.24) is 0 Å². The van der Waals surface area contributed by atoms with E-state index in [1.807, 2.05) is 0 Å². The monoisotopic (exact) mass is 211 g/mol. The molecule has 0 aromatic heterocycles. The zero-order chi connectivity index (χ0) is 10.8. The molecule has 0 radical (unpaired) electrons. The number of rotatable bonds is 1. The predicted molar refractivity (Wildman–Crippen MR) is 52.8 cm³/mol. The Morgan fingerprint density at radius 3 is 2.93 bits per heavy atom. The summed E-state index contributed by atoms with van der Waals surface area (Å²) >= 11 is 0. The van der Waals surface area contributed by atoms with Crippen molar-refractivity contribution in [2.45, 2.75) is 12.8 Å². The fourth-order valence-corrected chi connectivity index (χ4v) is 1.81. The summed E-state index contributed by atoms with van der Waals surface area (Å²) in [4.78, 5) is 11.3. The van der Waals surface area contributed by atoms with Crippen LogP contribution in [0.15, 0.2) is 18.2 Å². The molecule has 0 aliphatic carbocycles. The van der Waals surface area contributed by atoms with Gasteiger partial charge < -0.3 is 5.32 Å². The van der Waals surface area contributed by atoms with Crippen molar-refractivity contribution >= 4 is 11.6 Å². The molecule has 2 nitrogen and oxygen atoms in total. The van der Waals surface area contributed by atoms with Crippen molar-refractivity contribution in [2.75, 3.05) is 12.0 Å². The number of amides is 1. The van der Waals surface area contributed by atoms with Crippen molar-refractivity contribution in [1.29, 1.82) is 0 Å². The summed E-state index contributed by atoms with van der Waals surface area (Å²) in [6.07, 6.45) is 0.565. The molecule has 1 atom stereocenters. The number of fused-ring (bicyclic) bond motifs is 1. The number of hydrogen-bond acceptors (Lipinski definition) is 1. The highest BCUT2D eigenvalue weighted by atomic mass is 19.1. The van der Waals surface area contributed by atoms with Gasteiger partial charge in [0.1, 0.15) is 5.82 Å². The first-order valence-corrected chi connectivity index (χ1v) is 4.83. The maximum absolute atomic E-state index is 12.9. The minimum atomic E-state index is -0.552. The van der Waals surface area contributed by atoms with Crippen LogP contribution in [0.1, 0.15) is 12.0 Å². The SMILES string of the molecule is O=C1CC(CF)Cc2cc(F)ccc2N1. The largest absolute Gasteiger partial charge is 0.326 e. The predicted octanol–water partition coefficient (Wildman–Crippen LogP) is 2.30. The van der Waals surface area contributed by atoms with Crippen LogP contribution in [0.2, 0.25) is 0 Å². The van der Waals surface area contributed by atoms with Gasteiger partial charge in [-0.1, -0.05) is 0 Å². The lowest BCUT2D eigenvalue weighted by Crippen LogP contribution is -2.14. The summed E-state index contributed by atoms with van der Waals surface area (Å²) in [5.41, 5.74) is 1.26. The summed E-state index contributed by atoms with van der Waals surface area (Å²) in [7, 11) is 0. The molecule has 1 N–H and O–H groups in total. The molecular weight excluding hydrogens is 200 g/mol. The molecule has 1 amide bonds. The molecule has 0 saturated carbocycles. The Balaban J connectivity index is 2.36. The maximum atomic E-state index is 12.9. The van der Waals surface area contributed by atoms with Crippen LogP contribution in [0.5, 0.6) is 0 Å². The molecule has 1 heterocycles. The smallest absolute Gasteiger partial charge is 0.224 e. The van der Waals surface area contributed by atoms with Crippen molar-refractivity contribution in [3.63, 3.8) is 0 Å². The Bertz CT molecular complexity index is 392. The molecule has 1 aliphatic rings. The average Bonchev–Trinajstić information content (AvgIpc) is 2.35. The molecule has 0 bridgehead atoms. The Hall–Kier alpha value is -1.45. The first kappa shape index (κ1) is 10.1. The van der Waals surface area contributed by atoms with E-state index in [1.54, 1.807) is 0 Å². The van der Waals surface area contributed by atoms with E-state index in [0.29, 0.717) is 17.7 Å². The van der Waals surface area contributed by atoms with Crippen LogP contribution >= 0.6 is 0 Å². The Labute approximate surface area is 86.3 Å². The lowest BCUT2D eigenvalue weighted by Gasteiger charge is -2.08. The molecule has 1 aromatic carbocycles. The number of halogens is 2. The van der Waals surface area contributed by atoms with Gasteiger partial charge in [-0.3, -0.25) is 9.18 Å². The first-order valence-electron chi connectivity index (χ1n) is 4.83. The second kappa shape index (κ2) is 3.96. The van der Waals surface area contributed by atoms with Gasteiger partial charge in [0.25, 0.3) is 0 Å². The summed E-state index contributed by atoms with van der Waals surface area (Å²) in [6, 6.07) is 4.15. The topological polar surface area (TPSA) is 29.1 Å². The summed E-state index contributed by atoms with van der Waals surface area (Å²) in [5.74, 6) is -0.904. The van der Waals surface area contributed by atoms with Gasteiger partial charge in [-0.15, -0.1) is 0 Å². The van der Waals surface area contributed by atoms with Gasteiger partial charge in [-0.2, -0.15) is 0 Å². The molecule has 80 valence electrons. The lowest BCUT2D eigenvalue weighted by molar-refractivity contribution is -0.117. The fraction of sp³-hybridized carbons (Fsp3) is 0.364. The van der Waals surface area contributed by atoms with Gasteiger partial charge in [0.2, 0.25) is 5.91 Å². The van der Waals surface area contributed by atoms with Crippen LogP contribution in [0.25, 0.3) is 0 Å². The van der Waals surface area contributed by atoms with Crippen LogP contribution < -0.4 is 5.32 Å². The normalized spacial score (nSPS) is 20.4. The van der Waals surface area contributed by atoms with Gasteiger partial charge in [0.05, 0.1) is 6.67 Å². The van der Waals surface area contributed by atoms with Gasteiger partial charge in [-0.25, -0.2) is 4.39 Å². The van der Waals surface area contributed by atoms with Crippen molar-refractivity contribution < 1.29 is 13.6 Å². The molecule has 4 heteroatoms. The Kier molecular flexibility index (Phi) is 2.66. The molecule has 0 saturated heterocycles. The standard InChI is InChI=1S/C11H11F2NO/c12-6-7-3-8-5-9(13)1-2-10(8)14-11(15)4-7/h1-2,5,7H,3-4,6H2,(H,14,15). The molecule has 0 spiro atoms. The number of carbonyl (C=O) groups excluding carboxylic acids is 1.